The van der Waals surface area contributed by atoms with Crippen LogP contribution < -0.4 is 10.0 Å². The maximum Gasteiger partial charge on any atom is 0.333 e. The van der Waals surface area contributed by atoms with Crippen LogP contribution in [0.5, 0.6) is 5.75 Å². The van der Waals surface area contributed by atoms with Crippen molar-refractivity contribution in [2.45, 2.75) is 44.7 Å². The molecule has 0 spiro atoms. The van der Waals surface area contributed by atoms with E-state index in [0.717, 1.165) is 22.7 Å². The Morgan fingerprint density at radius 1 is 1.35 bits per heavy atom. The number of aromatic nitrogens is 1. The molecule has 1 aliphatic carbocycles. The number of nitrogens with zero attached hydrogens (tertiary/aromatic N) is 1. The lowest BCUT2D eigenvalue weighted by Crippen LogP contribution is -2.33. The first kappa shape index (κ1) is 23.1. The molecule has 0 saturated carbocycles. The van der Waals surface area contributed by atoms with Crippen LogP contribution in [0.25, 0.3) is 0 Å². The molecule has 1 aromatic heterocycles. The van der Waals surface area contributed by atoms with E-state index < -0.39 is 16.3 Å². The van der Waals surface area contributed by atoms with Crippen molar-refractivity contribution in [3.63, 3.8) is 0 Å². The van der Waals surface area contributed by atoms with Crippen LogP contribution in [0.3, 0.4) is 0 Å². The Bertz CT molecular complexity index is 1090. The van der Waals surface area contributed by atoms with E-state index in [0.29, 0.717) is 18.4 Å². The number of allylic oxidation sites excluding steroid dienone is 1. The predicted molar refractivity (Wildman–Crippen MR) is 119 cm³/mol. The van der Waals surface area contributed by atoms with E-state index in [4.69, 9.17) is 4.55 Å². The fraction of sp³-hybridized carbons (Fsp3) is 0.333. The first-order valence-electron chi connectivity index (χ1n) is 9.86. The van der Waals surface area contributed by atoms with E-state index >= 15 is 0 Å². The zero-order valence-electron chi connectivity index (χ0n) is 17.0. The van der Waals surface area contributed by atoms with E-state index in [-0.39, 0.29) is 24.1 Å². The maximum atomic E-state index is 12.7. The minimum atomic E-state index is -4.27. The SMILES string of the molecule is CCc1csc([C@H](CC2=CCC(NS(=O)(=O)O)C=C2)NC(=O)Cc2ccccc2O)n1. The van der Waals surface area contributed by atoms with E-state index in [1.807, 2.05) is 18.4 Å². The lowest BCUT2D eigenvalue weighted by Gasteiger charge is -2.21. The van der Waals surface area contributed by atoms with Gasteiger partial charge >= 0.3 is 10.3 Å². The molecule has 1 aliphatic rings. The van der Waals surface area contributed by atoms with Crippen LogP contribution in [-0.2, 0) is 27.9 Å². The number of phenolic OH excluding ortho intramolecular Hbond substituents is 1. The lowest BCUT2D eigenvalue weighted by molar-refractivity contribution is -0.121. The molecule has 3 rings (SSSR count). The maximum absolute atomic E-state index is 12.7. The van der Waals surface area contributed by atoms with E-state index in [1.165, 1.54) is 11.3 Å². The molecule has 0 radical (unpaired) electrons. The van der Waals surface area contributed by atoms with Crippen LogP contribution in [0.1, 0.15) is 42.1 Å². The van der Waals surface area contributed by atoms with E-state index in [2.05, 4.69) is 15.0 Å². The number of phenols is 1. The molecule has 0 aliphatic heterocycles. The van der Waals surface area contributed by atoms with Crippen LogP contribution in [-0.4, -0.2) is 35.0 Å². The summed E-state index contributed by atoms with van der Waals surface area (Å²) in [6.07, 6.45) is 7.04. The van der Waals surface area contributed by atoms with Crippen molar-refractivity contribution in [3.05, 3.63) is 69.7 Å². The van der Waals surface area contributed by atoms with Crippen molar-refractivity contribution in [1.29, 1.82) is 0 Å². The summed E-state index contributed by atoms with van der Waals surface area (Å²) in [6.45, 7) is 2.01. The Hall–Kier alpha value is -2.53. The van der Waals surface area contributed by atoms with Crippen LogP contribution >= 0.6 is 11.3 Å². The number of nitrogens with one attached hydrogen (secondary N) is 2. The van der Waals surface area contributed by atoms with Crippen molar-refractivity contribution < 1.29 is 22.9 Å². The topological polar surface area (TPSA) is 129 Å². The number of benzene rings is 1. The summed E-state index contributed by atoms with van der Waals surface area (Å²) in [4.78, 5) is 17.3. The van der Waals surface area contributed by atoms with E-state index in [9.17, 15) is 18.3 Å². The summed E-state index contributed by atoms with van der Waals surface area (Å²) in [5.74, 6) is -0.155. The molecule has 8 nitrogen and oxygen atoms in total. The molecule has 2 aromatic rings. The van der Waals surface area contributed by atoms with Gasteiger partial charge in [0.1, 0.15) is 10.8 Å². The zero-order chi connectivity index (χ0) is 22.4. The summed E-state index contributed by atoms with van der Waals surface area (Å²) in [5, 5.41) is 15.7. The molecule has 1 heterocycles. The Balaban J connectivity index is 1.71. The largest absolute Gasteiger partial charge is 0.508 e. The van der Waals surface area contributed by atoms with Gasteiger partial charge in [0.05, 0.1) is 18.2 Å². The number of thiazole rings is 1. The second-order valence-electron chi connectivity index (χ2n) is 7.23. The van der Waals surface area contributed by atoms with Crippen LogP contribution in [0, 0.1) is 0 Å². The van der Waals surface area contributed by atoms with Crippen molar-refractivity contribution in [1.82, 2.24) is 15.0 Å². The number of carbonyl (C=O) groups excluding carboxylic acids is 1. The molecule has 0 bridgehead atoms. The number of aryl methyl sites for hydroxylation is 1. The minimum Gasteiger partial charge on any atom is -0.508 e. The smallest absolute Gasteiger partial charge is 0.333 e. The van der Waals surface area contributed by atoms with Gasteiger partial charge in [0.25, 0.3) is 0 Å². The number of aromatic hydroxyl groups is 1. The first-order chi connectivity index (χ1) is 14.7. The summed E-state index contributed by atoms with van der Waals surface area (Å²) in [5.41, 5.74) is 2.42. The molecule has 31 heavy (non-hydrogen) atoms. The van der Waals surface area contributed by atoms with Crippen LogP contribution in [0.2, 0.25) is 0 Å². The Kier molecular flexibility index (Phi) is 7.60. The van der Waals surface area contributed by atoms with Crippen molar-refractivity contribution in [2.24, 2.45) is 0 Å². The number of hydrogen-bond acceptors (Lipinski definition) is 6. The molecular formula is C21H25N3O5S2. The van der Waals surface area contributed by atoms with Gasteiger partial charge in [-0.2, -0.15) is 13.1 Å². The lowest BCUT2D eigenvalue weighted by atomic mass is 9.98. The molecule has 166 valence electrons. The Labute approximate surface area is 185 Å². The molecule has 1 amide bonds. The van der Waals surface area contributed by atoms with Gasteiger partial charge in [-0.1, -0.05) is 43.4 Å². The van der Waals surface area contributed by atoms with Gasteiger partial charge in [-0.25, -0.2) is 4.98 Å². The molecule has 10 heteroatoms. The second-order valence-corrected chi connectivity index (χ2v) is 9.31. The van der Waals surface area contributed by atoms with Crippen LogP contribution in [0.4, 0.5) is 0 Å². The van der Waals surface area contributed by atoms with Crippen molar-refractivity contribution in [3.8, 4) is 5.75 Å². The van der Waals surface area contributed by atoms with E-state index in [1.54, 1.807) is 36.4 Å². The Morgan fingerprint density at radius 3 is 2.74 bits per heavy atom. The second kappa shape index (κ2) is 10.2. The highest BCUT2D eigenvalue weighted by Gasteiger charge is 2.22. The summed E-state index contributed by atoms with van der Waals surface area (Å²) >= 11 is 1.48. The molecule has 0 fully saturated rings. The first-order valence-corrected chi connectivity index (χ1v) is 12.2. The fourth-order valence-electron chi connectivity index (χ4n) is 3.25. The summed E-state index contributed by atoms with van der Waals surface area (Å²) in [7, 11) is -4.27. The minimum absolute atomic E-state index is 0.0461. The van der Waals surface area contributed by atoms with Gasteiger partial charge in [0.15, 0.2) is 0 Å². The third kappa shape index (κ3) is 7.00. The number of para-hydroxylation sites is 1. The molecule has 4 N–H and O–H groups in total. The zero-order valence-corrected chi connectivity index (χ0v) is 18.6. The normalized spacial score (nSPS) is 17.2. The number of carbonyl (C=O) groups is 1. The van der Waals surface area contributed by atoms with Crippen LogP contribution in [0.15, 0.2) is 53.4 Å². The number of rotatable bonds is 9. The fourth-order valence-corrected chi connectivity index (χ4v) is 4.76. The average molecular weight is 464 g/mol. The highest BCUT2D eigenvalue weighted by Crippen LogP contribution is 2.28. The number of hydrogen-bond donors (Lipinski definition) is 4. The molecule has 1 unspecified atom stereocenters. The molecular weight excluding hydrogens is 438 g/mol. The predicted octanol–water partition coefficient (Wildman–Crippen LogP) is 2.85. The van der Waals surface area contributed by atoms with Gasteiger partial charge in [0.2, 0.25) is 5.91 Å². The molecule has 2 atom stereocenters. The molecule has 1 aromatic carbocycles. The monoisotopic (exact) mass is 463 g/mol. The van der Waals surface area contributed by atoms with Crippen molar-refractivity contribution in [2.75, 3.05) is 0 Å². The molecule has 0 saturated heterocycles. The standard InChI is InChI=1S/C21H25N3O5S2/c1-2-16-13-30-21(22-16)18(23-20(26)12-15-5-3-4-6-19(15)25)11-14-7-9-17(10-8-14)24-31(27,28)29/h3-9,13,17-18,24-25H,2,10-12H2,1H3,(H,23,26)(H,27,28,29)/t17?,18-/m0/s1. The number of amides is 1. The van der Waals surface area contributed by atoms with Gasteiger partial charge < -0.3 is 10.4 Å². The van der Waals surface area contributed by atoms with Gasteiger partial charge in [-0.3, -0.25) is 9.35 Å². The summed E-state index contributed by atoms with van der Waals surface area (Å²) in [6, 6.07) is 5.85. The van der Waals surface area contributed by atoms with Gasteiger partial charge in [0, 0.05) is 17.0 Å². The highest BCUT2D eigenvalue weighted by molar-refractivity contribution is 7.83. The third-order valence-corrected chi connectivity index (χ3v) is 6.43. The highest BCUT2D eigenvalue weighted by atomic mass is 32.2. The van der Waals surface area contributed by atoms with Gasteiger partial charge in [-0.15, -0.1) is 11.3 Å². The average Bonchev–Trinajstić information content (AvgIpc) is 3.19. The Morgan fingerprint density at radius 2 is 2.13 bits per heavy atom. The third-order valence-electron chi connectivity index (χ3n) is 4.82. The van der Waals surface area contributed by atoms with Gasteiger partial charge in [-0.05, 0) is 30.9 Å². The van der Waals surface area contributed by atoms with Crippen molar-refractivity contribution >= 4 is 27.5 Å². The summed E-state index contributed by atoms with van der Waals surface area (Å²) < 4.78 is 33.0. The quantitative estimate of drug-likeness (QED) is 0.423.